The summed E-state index contributed by atoms with van der Waals surface area (Å²) in [5.74, 6) is 0.755. The second kappa shape index (κ2) is 7.12. The van der Waals surface area contributed by atoms with Crippen LogP contribution >= 0.6 is 0 Å². The minimum Gasteiger partial charge on any atom is -0.368 e. The first-order valence-electron chi connectivity index (χ1n) is 7.04. The van der Waals surface area contributed by atoms with Crippen molar-refractivity contribution in [3.63, 3.8) is 0 Å². The topological polar surface area (TPSA) is 45.2 Å². The van der Waals surface area contributed by atoms with Crippen LogP contribution in [0.15, 0.2) is 18.2 Å². The average molecular weight is 263 g/mol. The minimum absolute atomic E-state index is 0.00394. The average Bonchev–Trinajstić information content (AvgIpc) is 2.38. The Hall–Kier alpha value is -1.58. The van der Waals surface area contributed by atoms with E-state index in [0.717, 1.165) is 12.2 Å². The molecule has 4 heteroatoms. The van der Waals surface area contributed by atoms with Crippen molar-refractivity contribution >= 4 is 11.7 Å². The van der Waals surface area contributed by atoms with E-state index in [2.05, 4.69) is 24.1 Å². The van der Waals surface area contributed by atoms with Crippen LogP contribution in [0.2, 0.25) is 0 Å². The number of aromatic nitrogens is 1. The van der Waals surface area contributed by atoms with Crippen LogP contribution in [0.1, 0.15) is 51.5 Å². The summed E-state index contributed by atoms with van der Waals surface area (Å²) in [6.07, 6.45) is 0.948. The van der Waals surface area contributed by atoms with Gasteiger partial charge in [0.2, 0.25) is 0 Å². The highest BCUT2D eigenvalue weighted by atomic mass is 16.2. The zero-order valence-electron chi connectivity index (χ0n) is 12.6. The molecule has 1 amide bonds. The Morgan fingerprint density at radius 2 is 2.00 bits per heavy atom. The smallest absolute Gasteiger partial charge is 0.272 e. The molecule has 1 N–H and O–H groups in total. The molecule has 19 heavy (non-hydrogen) atoms. The Balaban J connectivity index is 2.92. The first-order chi connectivity index (χ1) is 8.99. The number of hydrogen-bond donors (Lipinski definition) is 1. The van der Waals surface area contributed by atoms with Gasteiger partial charge in [-0.1, -0.05) is 13.0 Å². The van der Waals surface area contributed by atoms with Crippen molar-refractivity contribution in [2.24, 2.45) is 0 Å². The van der Waals surface area contributed by atoms with Crippen molar-refractivity contribution in [1.82, 2.24) is 9.88 Å². The molecule has 0 saturated carbocycles. The van der Waals surface area contributed by atoms with Crippen LogP contribution in [0.3, 0.4) is 0 Å². The largest absolute Gasteiger partial charge is 0.368 e. The zero-order valence-corrected chi connectivity index (χ0v) is 12.6. The van der Waals surface area contributed by atoms with Gasteiger partial charge >= 0.3 is 0 Å². The summed E-state index contributed by atoms with van der Waals surface area (Å²) in [4.78, 5) is 18.7. The van der Waals surface area contributed by atoms with E-state index in [1.54, 1.807) is 6.07 Å². The van der Waals surface area contributed by atoms with Crippen molar-refractivity contribution in [3.8, 4) is 0 Å². The molecule has 106 valence electrons. The lowest BCUT2D eigenvalue weighted by Gasteiger charge is -2.27. The molecule has 1 aromatic heterocycles. The van der Waals surface area contributed by atoms with E-state index < -0.39 is 0 Å². The zero-order chi connectivity index (χ0) is 14.4. The standard InChI is InChI=1S/C15H25N3O/c1-6-12(5)18(7-2)15(19)13-9-8-10-14(17-13)16-11(3)4/h8-12H,6-7H2,1-5H3,(H,16,17). The molecule has 0 spiro atoms. The Labute approximate surface area is 116 Å². The van der Waals surface area contributed by atoms with Gasteiger partial charge < -0.3 is 10.2 Å². The lowest BCUT2D eigenvalue weighted by molar-refractivity contribution is 0.0694. The molecule has 0 aliphatic heterocycles. The van der Waals surface area contributed by atoms with Crippen LogP contribution in [-0.4, -0.2) is 34.4 Å². The van der Waals surface area contributed by atoms with Crippen molar-refractivity contribution in [2.75, 3.05) is 11.9 Å². The molecule has 1 rings (SSSR count). The van der Waals surface area contributed by atoms with Crippen molar-refractivity contribution < 1.29 is 4.79 Å². The molecule has 0 radical (unpaired) electrons. The van der Waals surface area contributed by atoms with E-state index in [0.29, 0.717) is 18.3 Å². The van der Waals surface area contributed by atoms with Crippen LogP contribution in [0.5, 0.6) is 0 Å². The fourth-order valence-electron chi connectivity index (χ4n) is 1.95. The van der Waals surface area contributed by atoms with Gasteiger partial charge in [0.1, 0.15) is 11.5 Å². The van der Waals surface area contributed by atoms with Crippen LogP contribution in [-0.2, 0) is 0 Å². The van der Waals surface area contributed by atoms with Crippen LogP contribution in [0.4, 0.5) is 5.82 Å². The van der Waals surface area contributed by atoms with E-state index in [1.165, 1.54) is 0 Å². The maximum absolute atomic E-state index is 12.4. The lowest BCUT2D eigenvalue weighted by atomic mass is 10.2. The number of hydrogen-bond acceptors (Lipinski definition) is 3. The molecule has 0 saturated heterocycles. The van der Waals surface area contributed by atoms with Crippen molar-refractivity contribution in [3.05, 3.63) is 23.9 Å². The Kier molecular flexibility index (Phi) is 5.80. The van der Waals surface area contributed by atoms with Crippen molar-refractivity contribution in [2.45, 2.75) is 53.1 Å². The van der Waals surface area contributed by atoms with Gasteiger partial charge in [-0.3, -0.25) is 4.79 Å². The van der Waals surface area contributed by atoms with E-state index in [1.807, 2.05) is 37.8 Å². The van der Waals surface area contributed by atoms with Crippen molar-refractivity contribution in [1.29, 1.82) is 0 Å². The fraction of sp³-hybridized carbons (Fsp3) is 0.600. The van der Waals surface area contributed by atoms with Crippen LogP contribution < -0.4 is 5.32 Å². The maximum atomic E-state index is 12.4. The molecule has 1 atom stereocenters. The summed E-state index contributed by atoms with van der Waals surface area (Å²) in [6.45, 7) is 11.0. The van der Waals surface area contributed by atoms with Gasteiger partial charge in [-0.15, -0.1) is 0 Å². The molecular formula is C15H25N3O. The maximum Gasteiger partial charge on any atom is 0.272 e. The number of pyridine rings is 1. The second-order valence-corrected chi connectivity index (χ2v) is 5.06. The molecule has 0 aromatic carbocycles. The summed E-state index contributed by atoms with van der Waals surface area (Å²) in [5.41, 5.74) is 0.507. The first kappa shape index (κ1) is 15.5. The number of amides is 1. The Morgan fingerprint density at radius 3 is 2.53 bits per heavy atom. The Bertz CT molecular complexity index is 418. The van der Waals surface area contributed by atoms with Gasteiger partial charge in [0, 0.05) is 18.6 Å². The first-order valence-corrected chi connectivity index (χ1v) is 7.04. The van der Waals surface area contributed by atoms with Gasteiger partial charge in [-0.2, -0.15) is 0 Å². The third-order valence-corrected chi connectivity index (χ3v) is 3.13. The Morgan fingerprint density at radius 1 is 1.32 bits per heavy atom. The molecule has 0 aliphatic rings. The van der Waals surface area contributed by atoms with Crippen LogP contribution in [0, 0.1) is 0 Å². The third-order valence-electron chi connectivity index (χ3n) is 3.13. The highest BCUT2D eigenvalue weighted by Crippen LogP contribution is 2.12. The number of nitrogens with one attached hydrogen (secondary N) is 1. The highest BCUT2D eigenvalue weighted by Gasteiger charge is 2.20. The number of rotatable bonds is 6. The van der Waals surface area contributed by atoms with Gasteiger partial charge in [-0.25, -0.2) is 4.98 Å². The van der Waals surface area contributed by atoms with Crippen LogP contribution in [0.25, 0.3) is 0 Å². The van der Waals surface area contributed by atoms with E-state index in [9.17, 15) is 4.79 Å². The molecule has 1 aromatic rings. The van der Waals surface area contributed by atoms with Gasteiger partial charge in [0.05, 0.1) is 0 Å². The molecule has 1 unspecified atom stereocenters. The number of anilines is 1. The quantitative estimate of drug-likeness (QED) is 0.857. The molecule has 0 bridgehead atoms. The summed E-state index contributed by atoms with van der Waals surface area (Å²) in [7, 11) is 0. The number of carbonyl (C=O) groups excluding carboxylic acids is 1. The van der Waals surface area contributed by atoms with E-state index >= 15 is 0 Å². The molecular weight excluding hydrogens is 238 g/mol. The number of nitrogens with zero attached hydrogens (tertiary/aromatic N) is 2. The third kappa shape index (κ3) is 4.23. The highest BCUT2D eigenvalue weighted by molar-refractivity contribution is 5.92. The monoisotopic (exact) mass is 263 g/mol. The minimum atomic E-state index is 0.00394. The van der Waals surface area contributed by atoms with Gasteiger partial charge in [0.25, 0.3) is 5.91 Å². The summed E-state index contributed by atoms with van der Waals surface area (Å²) < 4.78 is 0. The summed E-state index contributed by atoms with van der Waals surface area (Å²) in [5, 5.41) is 3.22. The number of carbonyl (C=O) groups is 1. The molecule has 1 heterocycles. The normalized spacial score (nSPS) is 12.3. The lowest BCUT2D eigenvalue weighted by Crippen LogP contribution is -2.38. The molecule has 0 fully saturated rings. The SMILES string of the molecule is CCC(C)N(CC)C(=O)c1cccc(NC(C)C)n1. The predicted octanol–water partition coefficient (Wildman–Crippen LogP) is 3.16. The summed E-state index contributed by atoms with van der Waals surface area (Å²) in [6, 6.07) is 6.07. The van der Waals surface area contributed by atoms with Gasteiger partial charge in [-0.05, 0) is 46.2 Å². The van der Waals surface area contributed by atoms with E-state index in [4.69, 9.17) is 0 Å². The second-order valence-electron chi connectivity index (χ2n) is 5.06. The molecule has 4 nitrogen and oxygen atoms in total. The summed E-state index contributed by atoms with van der Waals surface area (Å²) >= 11 is 0. The molecule has 0 aliphatic carbocycles. The van der Waals surface area contributed by atoms with Gasteiger partial charge in [0.15, 0.2) is 0 Å². The van der Waals surface area contributed by atoms with E-state index in [-0.39, 0.29) is 11.9 Å². The predicted molar refractivity (Wildman–Crippen MR) is 79.5 cm³/mol. The fourth-order valence-corrected chi connectivity index (χ4v) is 1.95.